The normalized spacial score (nSPS) is 12.8. The molecule has 0 amide bonds. The van der Waals surface area contributed by atoms with Gasteiger partial charge >= 0.3 is 0 Å². The highest BCUT2D eigenvalue weighted by atomic mass is 19.1. The van der Waals surface area contributed by atoms with Crippen molar-refractivity contribution in [2.24, 2.45) is 0 Å². The molecule has 2 nitrogen and oxygen atoms in total. The Kier molecular flexibility index (Phi) is 3.22. The number of benzene rings is 1. The maximum atomic E-state index is 13.1. The van der Waals surface area contributed by atoms with Crippen LogP contribution >= 0.6 is 0 Å². The van der Waals surface area contributed by atoms with Gasteiger partial charge in [-0.2, -0.15) is 0 Å². The van der Waals surface area contributed by atoms with Crippen molar-refractivity contribution >= 4 is 0 Å². The van der Waals surface area contributed by atoms with Crippen LogP contribution in [-0.4, -0.2) is 5.11 Å². The summed E-state index contributed by atoms with van der Waals surface area (Å²) in [6.07, 6.45) is -1.09. The molecule has 1 unspecified atom stereocenters. The van der Waals surface area contributed by atoms with Crippen LogP contribution in [0, 0.1) is 32.4 Å². The van der Waals surface area contributed by atoms with Crippen molar-refractivity contribution in [2.45, 2.75) is 26.9 Å². The van der Waals surface area contributed by atoms with Crippen LogP contribution in [0.1, 0.15) is 34.3 Å². The Hall–Kier alpha value is -1.68. The first-order valence-electron chi connectivity index (χ1n) is 5.60. The molecule has 1 atom stereocenters. The van der Waals surface area contributed by atoms with E-state index in [1.165, 1.54) is 0 Å². The maximum Gasteiger partial charge on any atom is 0.126 e. The average molecular weight is 252 g/mol. The maximum absolute atomic E-state index is 13.1. The number of aryl methyl sites for hydroxylation is 2. The van der Waals surface area contributed by atoms with E-state index < -0.39 is 17.7 Å². The second kappa shape index (κ2) is 4.53. The van der Waals surface area contributed by atoms with Crippen molar-refractivity contribution in [1.29, 1.82) is 0 Å². The second-order valence-electron chi connectivity index (χ2n) is 4.36. The molecule has 0 bridgehead atoms. The molecule has 1 aromatic heterocycles. The summed E-state index contributed by atoms with van der Waals surface area (Å²) in [6.45, 7) is 5.30. The van der Waals surface area contributed by atoms with Crippen LogP contribution in [0.4, 0.5) is 8.78 Å². The van der Waals surface area contributed by atoms with Gasteiger partial charge in [0.1, 0.15) is 29.3 Å². The van der Waals surface area contributed by atoms with Crippen molar-refractivity contribution in [3.63, 3.8) is 0 Å². The fourth-order valence-corrected chi connectivity index (χ4v) is 2.11. The van der Waals surface area contributed by atoms with Gasteiger partial charge in [-0.15, -0.1) is 0 Å². The summed E-state index contributed by atoms with van der Waals surface area (Å²) in [7, 11) is 0. The molecule has 0 aliphatic heterocycles. The molecule has 1 heterocycles. The van der Waals surface area contributed by atoms with E-state index in [1.807, 2.05) is 0 Å². The summed E-state index contributed by atoms with van der Waals surface area (Å²) in [5.41, 5.74) is 1.54. The molecule has 4 heteroatoms. The number of hydrogen-bond donors (Lipinski definition) is 1. The van der Waals surface area contributed by atoms with E-state index in [2.05, 4.69) is 0 Å². The molecule has 2 rings (SSSR count). The lowest BCUT2D eigenvalue weighted by atomic mass is 9.98. The van der Waals surface area contributed by atoms with E-state index in [9.17, 15) is 13.9 Å². The van der Waals surface area contributed by atoms with Gasteiger partial charge in [-0.25, -0.2) is 8.78 Å². The van der Waals surface area contributed by atoms with Gasteiger partial charge in [0, 0.05) is 11.6 Å². The van der Waals surface area contributed by atoms with E-state index >= 15 is 0 Å². The third kappa shape index (κ3) is 2.16. The van der Waals surface area contributed by atoms with Gasteiger partial charge in [0.2, 0.25) is 0 Å². The van der Waals surface area contributed by atoms with Gasteiger partial charge in [-0.1, -0.05) is 0 Å². The highest BCUT2D eigenvalue weighted by molar-refractivity contribution is 5.39. The third-order valence-corrected chi connectivity index (χ3v) is 3.09. The van der Waals surface area contributed by atoms with Gasteiger partial charge in [0.25, 0.3) is 0 Å². The van der Waals surface area contributed by atoms with Crippen molar-refractivity contribution in [2.75, 3.05) is 0 Å². The number of aliphatic hydroxyl groups excluding tert-OH is 1. The van der Waals surface area contributed by atoms with Gasteiger partial charge < -0.3 is 9.52 Å². The lowest BCUT2D eigenvalue weighted by Crippen LogP contribution is -2.03. The zero-order valence-electron chi connectivity index (χ0n) is 10.4. The standard InChI is InChI=1S/C14H14F2O2/c1-7-8(2)18-9(3)13(7)14(17)10-4-11(15)6-12(16)5-10/h4-6,14,17H,1-3H3. The van der Waals surface area contributed by atoms with Gasteiger partial charge in [-0.3, -0.25) is 0 Å². The Labute approximate surface area is 104 Å². The number of furan rings is 1. The lowest BCUT2D eigenvalue weighted by molar-refractivity contribution is 0.216. The van der Waals surface area contributed by atoms with Crippen LogP contribution in [0.3, 0.4) is 0 Å². The highest BCUT2D eigenvalue weighted by Crippen LogP contribution is 2.31. The van der Waals surface area contributed by atoms with E-state index in [-0.39, 0.29) is 5.56 Å². The van der Waals surface area contributed by atoms with Crippen LogP contribution in [0.25, 0.3) is 0 Å². The minimum absolute atomic E-state index is 0.180. The molecule has 0 saturated carbocycles. The fourth-order valence-electron chi connectivity index (χ4n) is 2.11. The first kappa shape index (κ1) is 12.8. The summed E-state index contributed by atoms with van der Waals surface area (Å²) in [4.78, 5) is 0. The Morgan fingerprint density at radius 1 is 1.00 bits per heavy atom. The molecule has 0 aliphatic rings. The molecule has 0 fully saturated rings. The van der Waals surface area contributed by atoms with Crippen LogP contribution < -0.4 is 0 Å². The SMILES string of the molecule is Cc1oc(C)c(C(O)c2cc(F)cc(F)c2)c1C. The van der Waals surface area contributed by atoms with Crippen LogP contribution in [0.5, 0.6) is 0 Å². The minimum Gasteiger partial charge on any atom is -0.466 e. The largest absolute Gasteiger partial charge is 0.466 e. The minimum atomic E-state index is -1.09. The Morgan fingerprint density at radius 3 is 2.00 bits per heavy atom. The van der Waals surface area contributed by atoms with Crippen molar-refractivity contribution in [3.05, 3.63) is 58.0 Å². The molecule has 96 valence electrons. The van der Waals surface area contributed by atoms with Crippen molar-refractivity contribution < 1.29 is 18.3 Å². The van der Waals surface area contributed by atoms with E-state index in [0.717, 1.165) is 23.8 Å². The second-order valence-corrected chi connectivity index (χ2v) is 4.36. The molecule has 0 spiro atoms. The summed E-state index contributed by atoms with van der Waals surface area (Å²) in [5, 5.41) is 10.2. The van der Waals surface area contributed by atoms with E-state index in [1.54, 1.807) is 20.8 Å². The average Bonchev–Trinajstić information content (AvgIpc) is 2.51. The quantitative estimate of drug-likeness (QED) is 0.886. The van der Waals surface area contributed by atoms with Gasteiger partial charge in [0.15, 0.2) is 0 Å². The molecule has 0 aliphatic carbocycles. The predicted molar refractivity (Wildman–Crippen MR) is 63.3 cm³/mol. The molecule has 0 radical (unpaired) electrons. The molecule has 1 N–H and O–H groups in total. The molecule has 1 aromatic carbocycles. The van der Waals surface area contributed by atoms with Crippen LogP contribution in [0.2, 0.25) is 0 Å². The molecule has 2 aromatic rings. The lowest BCUT2D eigenvalue weighted by Gasteiger charge is -2.12. The summed E-state index contributed by atoms with van der Waals surface area (Å²) < 4.78 is 31.7. The van der Waals surface area contributed by atoms with Crippen LogP contribution in [0.15, 0.2) is 22.6 Å². The van der Waals surface area contributed by atoms with Crippen molar-refractivity contribution in [3.8, 4) is 0 Å². The van der Waals surface area contributed by atoms with Gasteiger partial charge in [-0.05, 0) is 44.0 Å². The zero-order chi connectivity index (χ0) is 13.4. The third-order valence-electron chi connectivity index (χ3n) is 3.09. The summed E-state index contributed by atoms with van der Waals surface area (Å²) >= 11 is 0. The van der Waals surface area contributed by atoms with E-state index in [0.29, 0.717) is 17.1 Å². The number of halogens is 2. The molecule has 0 saturated heterocycles. The Morgan fingerprint density at radius 2 is 1.56 bits per heavy atom. The van der Waals surface area contributed by atoms with Gasteiger partial charge in [0.05, 0.1) is 0 Å². The number of hydrogen-bond acceptors (Lipinski definition) is 2. The predicted octanol–water partition coefficient (Wildman–Crippen LogP) is 3.56. The van der Waals surface area contributed by atoms with Crippen LogP contribution in [-0.2, 0) is 0 Å². The topological polar surface area (TPSA) is 33.4 Å². The molecular formula is C14H14F2O2. The highest BCUT2D eigenvalue weighted by Gasteiger charge is 2.21. The Balaban J connectivity index is 2.50. The zero-order valence-corrected chi connectivity index (χ0v) is 10.4. The monoisotopic (exact) mass is 252 g/mol. The first-order chi connectivity index (χ1) is 8.40. The molecular weight excluding hydrogens is 238 g/mol. The number of rotatable bonds is 2. The first-order valence-corrected chi connectivity index (χ1v) is 5.60. The van der Waals surface area contributed by atoms with Crippen molar-refractivity contribution in [1.82, 2.24) is 0 Å². The Bertz CT molecular complexity index is 567. The fraction of sp³-hybridized carbons (Fsp3) is 0.286. The van der Waals surface area contributed by atoms with E-state index in [4.69, 9.17) is 4.42 Å². The summed E-state index contributed by atoms with van der Waals surface area (Å²) in [6, 6.07) is 3.01. The number of aliphatic hydroxyl groups is 1. The summed E-state index contributed by atoms with van der Waals surface area (Å²) in [5.74, 6) is -0.167. The molecule has 18 heavy (non-hydrogen) atoms. The smallest absolute Gasteiger partial charge is 0.126 e.